The van der Waals surface area contributed by atoms with Gasteiger partial charge >= 0.3 is 6.18 Å². The van der Waals surface area contributed by atoms with Crippen molar-refractivity contribution in [3.63, 3.8) is 0 Å². The second-order valence-corrected chi connectivity index (χ2v) is 4.61. The molecule has 106 valence electrons. The first kappa shape index (κ1) is 13.4. The average Bonchev–Trinajstić information content (AvgIpc) is 2.46. The van der Waals surface area contributed by atoms with Gasteiger partial charge in [-0.25, -0.2) is 0 Å². The maximum atomic E-state index is 13.3. The zero-order valence-electron chi connectivity index (χ0n) is 10.7. The van der Waals surface area contributed by atoms with Crippen LogP contribution >= 0.6 is 0 Å². The molecule has 0 bridgehead atoms. The number of nitrogens with one attached hydrogen (secondary N) is 1. The lowest BCUT2D eigenvalue weighted by molar-refractivity contribution is -0.137. The molecular formula is C16H10F3NO. The van der Waals surface area contributed by atoms with Gasteiger partial charge in [0.05, 0.1) is 5.69 Å². The van der Waals surface area contributed by atoms with E-state index >= 15 is 0 Å². The normalized spacial score (nSPS) is 11.8. The minimum atomic E-state index is -4.72. The van der Waals surface area contributed by atoms with Gasteiger partial charge in [0.2, 0.25) is 5.43 Å². The Hall–Kier alpha value is -2.56. The summed E-state index contributed by atoms with van der Waals surface area (Å²) in [6, 6.07) is 14.2. The summed E-state index contributed by atoms with van der Waals surface area (Å²) in [7, 11) is 0. The van der Waals surface area contributed by atoms with E-state index in [9.17, 15) is 18.0 Å². The highest BCUT2D eigenvalue weighted by molar-refractivity contribution is 5.83. The Labute approximate surface area is 117 Å². The van der Waals surface area contributed by atoms with Crippen molar-refractivity contribution in [1.29, 1.82) is 0 Å². The molecule has 0 aliphatic carbocycles. The Morgan fingerprint density at radius 1 is 0.857 bits per heavy atom. The molecule has 2 nitrogen and oxygen atoms in total. The lowest BCUT2D eigenvalue weighted by Gasteiger charge is -2.14. The van der Waals surface area contributed by atoms with Crippen LogP contribution in [0, 0.1) is 0 Å². The van der Waals surface area contributed by atoms with E-state index in [1.807, 2.05) is 0 Å². The molecule has 0 amide bonds. The smallest absolute Gasteiger partial charge is 0.354 e. The molecule has 0 atom stereocenters. The summed E-state index contributed by atoms with van der Waals surface area (Å²) in [5, 5.41) is 0.0320. The maximum Gasteiger partial charge on any atom is 0.422 e. The summed E-state index contributed by atoms with van der Waals surface area (Å²) in [6.45, 7) is 0. The molecule has 0 saturated carbocycles. The molecule has 5 heteroatoms. The van der Waals surface area contributed by atoms with E-state index in [1.165, 1.54) is 18.2 Å². The predicted molar refractivity (Wildman–Crippen MR) is 75.0 cm³/mol. The van der Waals surface area contributed by atoms with Crippen LogP contribution in [0.4, 0.5) is 13.2 Å². The van der Waals surface area contributed by atoms with Crippen LogP contribution in [-0.4, -0.2) is 4.98 Å². The molecular weight excluding hydrogens is 279 g/mol. The number of pyridine rings is 1. The number of alkyl halides is 3. The zero-order valence-corrected chi connectivity index (χ0v) is 10.7. The minimum Gasteiger partial charge on any atom is -0.354 e. The fourth-order valence-corrected chi connectivity index (χ4v) is 2.33. The fourth-order valence-electron chi connectivity index (χ4n) is 2.33. The maximum absolute atomic E-state index is 13.3. The number of H-pyrrole nitrogens is 1. The highest BCUT2D eigenvalue weighted by atomic mass is 19.4. The molecule has 0 aliphatic heterocycles. The fraction of sp³-hybridized carbons (Fsp3) is 0.0625. The summed E-state index contributed by atoms with van der Waals surface area (Å²) in [5.41, 5.74) is -1.66. The third-order valence-electron chi connectivity index (χ3n) is 3.25. The number of rotatable bonds is 1. The van der Waals surface area contributed by atoms with Crippen LogP contribution in [0.5, 0.6) is 0 Å². The number of para-hydroxylation sites is 1. The topological polar surface area (TPSA) is 32.9 Å². The number of fused-ring (bicyclic) bond motifs is 1. The van der Waals surface area contributed by atoms with Gasteiger partial charge in [-0.1, -0.05) is 42.5 Å². The van der Waals surface area contributed by atoms with Gasteiger partial charge in [0, 0.05) is 10.9 Å². The van der Waals surface area contributed by atoms with Gasteiger partial charge in [0.25, 0.3) is 0 Å². The Morgan fingerprint density at radius 3 is 2.14 bits per heavy atom. The Morgan fingerprint density at radius 2 is 1.48 bits per heavy atom. The quantitative estimate of drug-likeness (QED) is 0.715. The first-order valence-corrected chi connectivity index (χ1v) is 6.26. The van der Waals surface area contributed by atoms with Gasteiger partial charge in [-0.2, -0.15) is 13.2 Å². The number of halogens is 3. The van der Waals surface area contributed by atoms with E-state index in [4.69, 9.17) is 0 Å². The van der Waals surface area contributed by atoms with Crippen molar-refractivity contribution >= 4 is 10.9 Å². The van der Waals surface area contributed by atoms with Crippen molar-refractivity contribution in [3.05, 3.63) is 70.4 Å². The van der Waals surface area contributed by atoms with Crippen LogP contribution in [0.3, 0.4) is 0 Å². The minimum absolute atomic E-state index is 0.0320. The van der Waals surface area contributed by atoms with Gasteiger partial charge in [-0.15, -0.1) is 0 Å². The van der Waals surface area contributed by atoms with Gasteiger partial charge in [-0.05, 0) is 17.7 Å². The Balaban J connectivity index is 2.45. The Kier molecular flexibility index (Phi) is 3.05. The average molecular weight is 289 g/mol. The SMILES string of the molecule is O=c1c(C(F)(F)F)c(-c2ccccc2)[nH]c2ccccc12. The highest BCUT2D eigenvalue weighted by Crippen LogP contribution is 2.34. The van der Waals surface area contributed by atoms with Crippen molar-refractivity contribution in [2.75, 3.05) is 0 Å². The van der Waals surface area contributed by atoms with Gasteiger partial charge in [0.15, 0.2) is 0 Å². The van der Waals surface area contributed by atoms with Crippen LogP contribution in [0.1, 0.15) is 5.56 Å². The highest BCUT2D eigenvalue weighted by Gasteiger charge is 2.38. The number of hydrogen-bond acceptors (Lipinski definition) is 1. The molecule has 1 aromatic heterocycles. The van der Waals surface area contributed by atoms with Crippen LogP contribution in [0.2, 0.25) is 0 Å². The van der Waals surface area contributed by atoms with E-state index in [0.29, 0.717) is 11.1 Å². The standard InChI is InChI=1S/C16H10F3NO/c17-16(18,19)13-14(10-6-2-1-3-7-10)20-12-9-5-4-8-11(12)15(13)21/h1-9H,(H,20,21). The second-order valence-electron chi connectivity index (χ2n) is 4.61. The number of benzene rings is 2. The van der Waals surface area contributed by atoms with E-state index in [-0.39, 0.29) is 11.1 Å². The van der Waals surface area contributed by atoms with Crippen molar-refractivity contribution in [2.24, 2.45) is 0 Å². The van der Waals surface area contributed by atoms with Crippen LogP contribution < -0.4 is 5.43 Å². The third kappa shape index (κ3) is 2.31. The lowest BCUT2D eigenvalue weighted by atomic mass is 10.0. The largest absolute Gasteiger partial charge is 0.422 e. The number of hydrogen-bond donors (Lipinski definition) is 1. The van der Waals surface area contributed by atoms with Crippen molar-refractivity contribution in [1.82, 2.24) is 4.98 Å². The molecule has 0 unspecified atom stereocenters. The van der Waals surface area contributed by atoms with Crippen LogP contribution in [-0.2, 0) is 6.18 Å². The number of aromatic nitrogens is 1. The van der Waals surface area contributed by atoms with E-state index < -0.39 is 17.2 Å². The summed E-state index contributed by atoms with van der Waals surface area (Å²) in [6.07, 6.45) is -4.72. The molecule has 21 heavy (non-hydrogen) atoms. The number of aromatic amines is 1. The molecule has 1 heterocycles. The first-order valence-electron chi connectivity index (χ1n) is 6.26. The summed E-state index contributed by atoms with van der Waals surface area (Å²) in [5.74, 6) is 0. The molecule has 0 saturated heterocycles. The van der Waals surface area contributed by atoms with Crippen LogP contribution in [0.15, 0.2) is 59.4 Å². The van der Waals surface area contributed by atoms with Gasteiger partial charge < -0.3 is 4.98 Å². The predicted octanol–water partition coefficient (Wildman–Crippen LogP) is 4.21. The molecule has 3 rings (SSSR count). The first-order chi connectivity index (χ1) is 9.98. The summed E-state index contributed by atoms with van der Waals surface area (Å²) >= 11 is 0. The molecule has 0 spiro atoms. The van der Waals surface area contributed by atoms with Crippen molar-refractivity contribution in [3.8, 4) is 11.3 Å². The molecule has 2 aromatic carbocycles. The molecule has 0 fully saturated rings. The molecule has 0 aliphatic rings. The molecule has 1 N–H and O–H groups in total. The van der Waals surface area contributed by atoms with E-state index in [2.05, 4.69) is 4.98 Å². The monoisotopic (exact) mass is 289 g/mol. The van der Waals surface area contributed by atoms with Gasteiger partial charge in [-0.3, -0.25) is 4.79 Å². The summed E-state index contributed by atoms with van der Waals surface area (Å²) in [4.78, 5) is 15.0. The van der Waals surface area contributed by atoms with Crippen molar-refractivity contribution < 1.29 is 13.2 Å². The Bertz CT molecular complexity index is 851. The van der Waals surface area contributed by atoms with Crippen LogP contribution in [0.25, 0.3) is 22.2 Å². The van der Waals surface area contributed by atoms with E-state index in [0.717, 1.165) is 0 Å². The molecule has 0 radical (unpaired) electrons. The van der Waals surface area contributed by atoms with Crippen molar-refractivity contribution in [2.45, 2.75) is 6.18 Å². The lowest BCUT2D eigenvalue weighted by Crippen LogP contribution is -2.22. The molecule has 3 aromatic rings. The van der Waals surface area contributed by atoms with Gasteiger partial charge in [0.1, 0.15) is 5.56 Å². The van der Waals surface area contributed by atoms with E-state index in [1.54, 1.807) is 36.4 Å². The second kappa shape index (κ2) is 4.77. The summed E-state index contributed by atoms with van der Waals surface area (Å²) < 4.78 is 39.9. The third-order valence-corrected chi connectivity index (χ3v) is 3.25. The zero-order chi connectivity index (χ0) is 15.0.